The van der Waals surface area contributed by atoms with Crippen LogP contribution in [-0.2, 0) is 0 Å². The molecule has 0 spiro atoms. The van der Waals surface area contributed by atoms with Crippen molar-refractivity contribution < 1.29 is 4.74 Å². The molecule has 1 aromatic rings. The molecule has 2 N–H and O–H groups in total. The van der Waals surface area contributed by atoms with Crippen molar-refractivity contribution in [2.75, 3.05) is 18.1 Å². The topological polar surface area (TPSA) is 38.5 Å². The molecular formula is C12H18N2O. The number of hydrogen-bond acceptors (Lipinski definition) is 3. The molecule has 3 heteroatoms. The molecule has 2 atom stereocenters. The first-order valence-electron chi connectivity index (χ1n) is 5.42. The number of ether oxygens (including phenoxy) is 1. The number of rotatable bonds is 2. The van der Waals surface area contributed by atoms with Gasteiger partial charge in [0.2, 0.25) is 0 Å². The monoisotopic (exact) mass is 206 g/mol. The van der Waals surface area contributed by atoms with Gasteiger partial charge in [-0.05, 0) is 26.0 Å². The lowest BCUT2D eigenvalue weighted by Gasteiger charge is -2.37. The summed E-state index contributed by atoms with van der Waals surface area (Å²) in [7, 11) is 0. The third kappa shape index (κ3) is 2.07. The first-order chi connectivity index (χ1) is 7.18. The lowest BCUT2D eigenvalue weighted by atomic mass is 10.1. The van der Waals surface area contributed by atoms with Crippen LogP contribution >= 0.6 is 0 Å². The fourth-order valence-corrected chi connectivity index (χ4v) is 1.94. The second-order valence-electron chi connectivity index (χ2n) is 4.26. The second-order valence-corrected chi connectivity index (χ2v) is 4.26. The SMILES string of the molecule is CC(N)CN1c2ccccc2OCC1C. The van der Waals surface area contributed by atoms with E-state index in [4.69, 9.17) is 10.5 Å². The van der Waals surface area contributed by atoms with E-state index in [1.54, 1.807) is 0 Å². The molecule has 1 aliphatic rings. The molecule has 1 heterocycles. The summed E-state index contributed by atoms with van der Waals surface area (Å²) in [5, 5.41) is 0. The van der Waals surface area contributed by atoms with Crippen molar-refractivity contribution in [1.82, 2.24) is 0 Å². The van der Waals surface area contributed by atoms with Gasteiger partial charge in [-0.3, -0.25) is 0 Å². The van der Waals surface area contributed by atoms with Gasteiger partial charge in [0, 0.05) is 12.6 Å². The van der Waals surface area contributed by atoms with E-state index in [2.05, 4.69) is 17.9 Å². The van der Waals surface area contributed by atoms with Crippen molar-refractivity contribution in [3.05, 3.63) is 24.3 Å². The highest BCUT2D eigenvalue weighted by atomic mass is 16.5. The summed E-state index contributed by atoms with van der Waals surface area (Å²) in [5.74, 6) is 0.969. The van der Waals surface area contributed by atoms with Gasteiger partial charge in [-0.1, -0.05) is 12.1 Å². The van der Waals surface area contributed by atoms with Crippen molar-refractivity contribution in [3.8, 4) is 5.75 Å². The van der Waals surface area contributed by atoms with E-state index in [1.807, 2.05) is 25.1 Å². The average molecular weight is 206 g/mol. The van der Waals surface area contributed by atoms with E-state index < -0.39 is 0 Å². The molecule has 0 saturated carbocycles. The van der Waals surface area contributed by atoms with Crippen LogP contribution in [0, 0.1) is 0 Å². The Morgan fingerprint density at radius 2 is 2.27 bits per heavy atom. The zero-order valence-corrected chi connectivity index (χ0v) is 9.31. The Bertz CT molecular complexity index is 338. The summed E-state index contributed by atoms with van der Waals surface area (Å²) in [6.07, 6.45) is 0. The summed E-state index contributed by atoms with van der Waals surface area (Å²) >= 11 is 0. The minimum Gasteiger partial charge on any atom is -0.489 e. The molecule has 1 aliphatic heterocycles. The molecule has 2 unspecified atom stereocenters. The van der Waals surface area contributed by atoms with E-state index in [0.29, 0.717) is 6.04 Å². The van der Waals surface area contributed by atoms with Gasteiger partial charge in [0.15, 0.2) is 0 Å². The summed E-state index contributed by atoms with van der Waals surface area (Å²) in [5.41, 5.74) is 7.02. The fourth-order valence-electron chi connectivity index (χ4n) is 1.94. The Balaban J connectivity index is 2.28. The molecule has 82 valence electrons. The van der Waals surface area contributed by atoms with Crippen molar-refractivity contribution >= 4 is 5.69 Å². The summed E-state index contributed by atoms with van der Waals surface area (Å²) < 4.78 is 5.67. The van der Waals surface area contributed by atoms with Crippen LogP contribution in [0.1, 0.15) is 13.8 Å². The molecule has 0 amide bonds. The second kappa shape index (κ2) is 4.11. The van der Waals surface area contributed by atoms with Crippen molar-refractivity contribution in [2.45, 2.75) is 25.9 Å². The van der Waals surface area contributed by atoms with E-state index in [1.165, 1.54) is 0 Å². The van der Waals surface area contributed by atoms with Crippen LogP contribution in [0.5, 0.6) is 5.75 Å². The Kier molecular flexibility index (Phi) is 2.82. The number of nitrogens with zero attached hydrogens (tertiary/aromatic N) is 1. The molecule has 2 rings (SSSR count). The van der Waals surface area contributed by atoms with Crippen molar-refractivity contribution in [1.29, 1.82) is 0 Å². The predicted octanol–water partition coefficient (Wildman–Crippen LogP) is 1.62. The molecule has 15 heavy (non-hydrogen) atoms. The number of hydrogen-bond donors (Lipinski definition) is 1. The highest BCUT2D eigenvalue weighted by Crippen LogP contribution is 2.33. The van der Waals surface area contributed by atoms with Crippen molar-refractivity contribution in [3.63, 3.8) is 0 Å². The first-order valence-corrected chi connectivity index (χ1v) is 5.42. The molecular weight excluding hydrogens is 188 g/mol. The lowest BCUT2D eigenvalue weighted by molar-refractivity contribution is 0.268. The molecule has 1 aromatic carbocycles. The predicted molar refractivity (Wildman–Crippen MR) is 62.4 cm³/mol. The van der Waals surface area contributed by atoms with Gasteiger partial charge in [0.1, 0.15) is 12.4 Å². The number of anilines is 1. The van der Waals surface area contributed by atoms with Gasteiger partial charge in [-0.15, -0.1) is 0 Å². The van der Waals surface area contributed by atoms with E-state index >= 15 is 0 Å². The Labute approximate surface area is 90.8 Å². The lowest BCUT2D eigenvalue weighted by Crippen LogP contribution is -2.46. The van der Waals surface area contributed by atoms with Crippen LogP contribution in [0.2, 0.25) is 0 Å². The standard InChI is InChI=1S/C12H18N2O/c1-9(13)7-14-10(2)8-15-12-6-4-3-5-11(12)14/h3-6,9-10H,7-8,13H2,1-2H3. The van der Waals surface area contributed by atoms with Gasteiger partial charge in [0.05, 0.1) is 11.7 Å². The zero-order valence-electron chi connectivity index (χ0n) is 9.31. The first kappa shape index (κ1) is 10.3. The number of para-hydroxylation sites is 2. The Hall–Kier alpha value is -1.22. The van der Waals surface area contributed by atoms with Gasteiger partial charge < -0.3 is 15.4 Å². The van der Waals surface area contributed by atoms with E-state index in [0.717, 1.165) is 24.6 Å². The van der Waals surface area contributed by atoms with Crippen LogP contribution in [0.25, 0.3) is 0 Å². The van der Waals surface area contributed by atoms with Crippen molar-refractivity contribution in [2.24, 2.45) is 5.73 Å². The summed E-state index contributed by atoms with van der Waals surface area (Å²) in [6, 6.07) is 8.71. The number of benzene rings is 1. The van der Waals surface area contributed by atoms with Crippen LogP contribution < -0.4 is 15.4 Å². The van der Waals surface area contributed by atoms with Crippen LogP contribution in [0.15, 0.2) is 24.3 Å². The minimum atomic E-state index is 0.179. The molecule has 0 aliphatic carbocycles. The highest BCUT2D eigenvalue weighted by Gasteiger charge is 2.24. The Morgan fingerprint density at radius 1 is 1.53 bits per heavy atom. The van der Waals surface area contributed by atoms with Gasteiger partial charge in [-0.2, -0.15) is 0 Å². The molecule has 0 fully saturated rings. The third-order valence-corrected chi connectivity index (χ3v) is 2.67. The summed E-state index contributed by atoms with van der Waals surface area (Å²) in [4.78, 5) is 2.32. The van der Waals surface area contributed by atoms with Gasteiger partial charge >= 0.3 is 0 Å². The van der Waals surface area contributed by atoms with E-state index in [-0.39, 0.29) is 6.04 Å². The van der Waals surface area contributed by atoms with Gasteiger partial charge in [-0.25, -0.2) is 0 Å². The summed E-state index contributed by atoms with van der Waals surface area (Å²) in [6.45, 7) is 5.81. The molecule has 0 bridgehead atoms. The van der Waals surface area contributed by atoms with Gasteiger partial charge in [0.25, 0.3) is 0 Å². The minimum absolute atomic E-state index is 0.179. The number of nitrogens with two attached hydrogens (primary N) is 1. The fraction of sp³-hybridized carbons (Fsp3) is 0.500. The molecule has 3 nitrogen and oxygen atoms in total. The maximum Gasteiger partial charge on any atom is 0.142 e. The highest BCUT2D eigenvalue weighted by molar-refractivity contribution is 5.60. The molecule has 0 saturated heterocycles. The maximum absolute atomic E-state index is 5.86. The third-order valence-electron chi connectivity index (χ3n) is 2.67. The average Bonchev–Trinajstić information content (AvgIpc) is 2.22. The normalized spacial score (nSPS) is 21.8. The van der Waals surface area contributed by atoms with Crippen LogP contribution in [0.3, 0.4) is 0 Å². The molecule has 0 aromatic heterocycles. The zero-order chi connectivity index (χ0) is 10.8. The largest absolute Gasteiger partial charge is 0.489 e. The maximum atomic E-state index is 5.86. The number of fused-ring (bicyclic) bond motifs is 1. The van der Waals surface area contributed by atoms with Crippen LogP contribution in [0.4, 0.5) is 5.69 Å². The smallest absolute Gasteiger partial charge is 0.142 e. The van der Waals surface area contributed by atoms with Crippen LogP contribution in [-0.4, -0.2) is 25.2 Å². The Morgan fingerprint density at radius 3 is 3.00 bits per heavy atom. The quantitative estimate of drug-likeness (QED) is 0.799. The molecule has 0 radical (unpaired) electrons. The van der Waals surface area contributed by atoms with E-state index in [9.17, 15) is 0 Å².